The highest BCUT2D eigenvalue weighted by atomic mass is 35.5. The molecule has 0 radical (unpaired) electrons. The van der Waals surface area contributed by atoms with Crippen LogP contribution in [0.1, 0.15) is 43.7 Å². The van der Waals surface area contributed by atoms with Crippen molar-refractivity contribution in [3.05, 3.63) is 42.1 Å². The van der Waals surface area contributed by atoms with Crippen LogP contribution in [0.15, 0.2) is 36.5 Å². The molecule has 0 saturated heterocycles. The summed E-state index contributed by atoms with van der Waals surface area (Å²) in [7, 11) is 1.65. The number of hydrogen-bond donors (Lipinski definition) is 2. The summed E-state index contributed by atoms with van der Waals surface area (Å²) >= 11 is 0. The number of carbonyl (C=O) groups is 1. The van der Waals surface area contributed by atoms with E-state index in [2.05, 4.69) is 10.4 Å². The van der Waals surface area contributed by atoms with Gasteiger partial charge in [0.1, 0.15) is 12.3 Å². The quantitative estimate of drug-likeness (QED) is 0.575. The van der Waals surface area contributed by atoms with Crippen molar-refractivity contribution < 1.29 is 19.0 Å². The molecule has 0 bridgehead atoms. The fraction of sp³-hybridized carbons (Fsp3) is 0.524. The molecule has 9 heteroatoms. The Morgan fingerprint density at radius 3 is 2.63 bits per heavy atom. The Morgan fingerprint density at radius 2 is 1.93 bits per heavy atom. The fourth-order valence-electron chi connectivity index (χ4n) is 3.36. The molecule has 0 spiro atoms. The number of carbonyl (C=O) groups excluding carboxylic acids is 1. The Morgan fingerprint density at radius 1 is 1.20 bits per heavy atom. The number of methoxy groups -OCH3 is 1. The van der Waals surface area contributed by atoms with E-state index in [1.165, 1.54) is 0 Å². The zero-order chi connectivity index (χ0) is 20.5. The third kappa shape index (κ3) is 7.19. The van der Waals surface area contributed by atoms with Crippen LogP contribution in [0.25, 0.3) is 0 Å². The van der Waals surface area contributed by atoms with Crippen molar-refractivity contribution in [2.45, 2.75) is 50.8 Å². The third-order valence-electron chi connectivity index (χ3n) is 4.99. The van der Waals surface area contributed by atoms with Crippen molar-refractivity contribution >= 4 is 24.2 Å². The molecule has 30 heavy (non-hydrogen) atoms. The second-order valence-corrected chi connectivity index (χ2v) is 7.28. The zero-order valence-electron chi connectivity index (χ0n) is 17.3. The molecule has 8 nitrogen and oxygen atoms in total. The topological polar surface area (TPSA) is 101 Å². The van der Waals surface area contributed by atoms with E-state index in [1.807, 2.05) is 41.2 Å². The average Bonchev–Trinajstić information content (AvgIpc) is 3.13. The van der Waals surface area contributed by atoms with Crippen LogP contribution in [0.2, 0.25) is 0 Å². The maximum absolute atomic E-state index is 12.3. The van der Waals surface area contributed by atoms with Gasteiger partial charge in [-0.25, -0.2) is 4.79 Å². The average molecular weight is 439 g/mol. The SMILES string of the molecule is COCCCOc1nn([C@H]2CC[C@H](N)CC2)cc1NC(=O)OCc1ccccc1.Cl. The first-order valence-corrected chi connectivity index (χ1v) is 10.1. The molecule has 1 heterocycles. The van der Waals surface area contributed by atoms with Crippen molar-refractivity contribution in [1.29, 1.82) is 0 Å². The van der Waals surface area contributed by atoms with Crippen LogP contribution < -0.4 is 15.8 Å². The van der Waals surface area contributed by atoms with E-state index in [9.17, 15) is 4.79 Å². The number of nitrogens with one attached hydrogen (secondary N) is 1. The van der Waals surface area contributed by atoms with E-state index in [-0.39, 0.29) is 31.1 Å². The Balaban J connectivity index is 0.00000320. The molecule has 3 N–H and O–H groups in total. The lowest BCUT2D eigenvalue weighted by molar-refractivity contribution is 0.154. The summed E-state index contributed by atoms with van der Waals surface area (Å²) in [5.74, 6) is 0.396. The van der Waals surface area contributed by atoms with Crippen molar-refractivity contribution in [2.75, 3.05) is 25.6 Å². The molecule has 1 fully saturated rings. The van der Waals surface area contributed by atoms with Gasteiger partial charge in [0.2, 0.25) is 0 Å². The number of nitrogens with two attached hydrogens (primary N) is 1. The van der Waals surface area contributed by atoms with Crippen LogP contribution in [-0.2, 0) is 16.1 Å². The summed E-state index contributed by atoms with van der Waals surface area (Å²) in [6.45, 7) is 1.25. The van der Waals surface area contributed by atoms with Crippen LogP contribution in [0.3, 0.4) is 0 Å². The van der Waals surface area contributed by atoms with Crippen LogP contribution in [0.4, 0.5) is 10.5 Å². The van der Waals surface area contributed by atoms with Gasteiger partial charge in [0.25, 0.3) is 5.88 Å². The third-order valence-corrected chi connectivity index (χ3v) is 4.99. The fourth-order valence-corrected chi connectivity index (χ4v) is 3.36. The Hall–Kier alpha value is -2.29. The van der Waals surface area contributed by atoms with E-state index >= 15 is 0 Å². The first-order valence-electron chi connectivity index (χ1n) is 10.1. The van der Waals surface area contributed by atoms with Crippen molar-refractivity contribution in [3.8, 4) is 5.88 Å². The Labute approximate surface area is 183 Å². The zero-order valence-corrected chi connectivity index (χ0v) is 18.1. The predicted molar refractivity (Wildman–Crippen MR) is 117 cm³/mol. The molecule has 1 amide bonds. The molecule has 166 valence electrons. The van der Waals surface area contributed by atoms with E-state index in [1.54, 1.807) is 7.11 Å². The van der Waals surface area contributed by atoms with Gasteiger partial charge < -0.3 is 19.9 Å². The normalized spacial score (nSPS) is 18.3. The highest BCUT2D eigenvalue weighted by Gasteiger charge is 2.23. The number of rotatable bonds is 9. The molecule has 0 atom stereocenters. The van der Waals surface area contributed by atoms with E-state index in [0.29, 0.717) is 24.8 Å². The summed E-state index contributed by atoms with van der Waals surface area (Å²) in [6.07, 6.45) is 5.87. The molecule has 0 unspecified atom stereocenters. The first-order chi connectivity index (χ1) is 14.2. The van der Waals surface area contributed by atoms with Gasteiger partial charge in [0.05, 0.1) is 18.8 Å². The van der Waals surface area contributed by atoms with Gasteiger partial charge in [-0.3, -0.25) is 10.00 Å². The summed E-state index contributed by atoms with van der Waals surface area (Å²) < 4.78 is 18.0. The molecule has 1 aliphatic rings. The molecular weight excluding hydrogens is 408 g/mol. The van der Waals surface area contributed by atoms with Crippen molar-refractivity contribution in [1.82, 2.24) is 9.78 Å². The van der Waals surface area contributed by atoms with E-state index in [4.69, 9.17) is 19.9 Å². The van der Waals surface area contributed by atoms with Gasteiger partial charge in [0, 0.05) is 26.2 Å². The molecular formula is C21H31ClN4O4. The van der Waals surface area contributed by atoms with E-state index < -0.39 is 6.09 Å². The molecule has 3 rings (SSSR count). The van der Waals surface area contributed by atoms with Gasteiger partial charge in [-0.05, 0) is 31.2 Å². The number of halogens is 1. The molecule has 1 aliphatic carbocycles. The smallest absolute Gasteiger partial charge is 0.412 e. The maximum atomic E-state index is 12.3. The monoisotopic (exact) mass is 438 g/mol. The molecule has 1 saturated carbocycles. The number of anilines is 1. The minimum atomic E-state index is -0.541. The lowest BCUT2D eigenvalue weighted by Gasteiger charge is -2.26. The Bertz CT molecular complexity index is 764. The number of benzene rings is 1. The lowest BCUT2D eigenvalue weighted by Crippen LogP contribution is -2.28. The van der Waals surface area contributed by atoms with Gasteiger partial charge in [0.15, 0.2) is 0 Å². The molecule has 2 aromatic rings. The van der Waals surface area contributed by atoms with Gasteiger partial charge in [-0.2, -0.15) is 0 Å². The van der Waals surface area contributed by atoms with Crippen LogP contribution in [0.5, 0.6) is 5.88 Å². The van der Waals surface area contributed by atoms with Crippen LogP contribution in [0, 0.1) is 0 Å². The Kier molecular flexibility index (Phi) is 9.93. The first kappa shape index (κ1) is 24.0. The standard InChI is InChI=1S/C21H30N4O4.ClH/c1-27-12-5-13-28-20-19(14-25(24-20)18-10-8-17(22)9-11-18)23-21(26)29-15-16-6-3-2-4-7-16;/h2-4,6-7,14,17-18H,5,8-13,15,22H2,1H3,(H,23,26);1H/t17-,18-;. The molecule has 1 aromatic carbocycles. The predicted octanol–water partition coefficient (Wildman–Crippen LogP) is 3.91. The lowest BCUT2D eigenvalue weighted by atomic mass is 9.92. The van der Waals surface area contributed by atoms with Crippen LogP contribution in [-0.4, -0.2) is 42.2 Å². The second kappa shape index (κ2) is 12.4. The minimum Gasteiger partial charge on any atom is -0.475 e. The number of ether oxygens (including phenoxy) is 3. The number of aromatic nitrogens is 2. The van der Waals surface area contributed by atoms with Gasteiger partial charge in [-0.15, -0.1) is 17.5 Å². The minimum absolute atomic E-state index is 0. The number of hydrogen-bond acceptors (Lipinski definition) is 6. The second-order valence-electron chi connectivity index (χ2n) is 7.28. The van der Waals surface area contributed by atoms with Crippen molar-refractivity contribution in [3.63, 3.8) is 0 Å². The van der Waals surface area contributed by atoms with Gasteiger partial charge in [-0.1, -0.05) is 30.3 Å². The summed E-state index contributed by atoms with van der Waals surface area (Å²) in [4.78, 5) is 12.3. The van der Waals surface area contributed by atoms with Gasteiger partial charge >= 0.3 is 6.09 Å². The van der Waals surface area contributed by atoms with E-state index in [0.717, 1.165) is 37.7 Å². The number of amides is 1. The molecule has 1 aromatic heterocycles. The highest BCUT2D eigenvalue weighted by Crippen LogP contribution is 2.31. The maximum Gasteiger partial charge on any atom is 0.412 e. The van der Waals surface area contributed by atoms with Crippen molar-refractivity contribution in [2.24, 2.45) is 5.73 Å². The summed E-state index contributed by atoms with van der Waals surface area (Å²) in [5.41, 5.74) is 7.45. The molecule has 0 aliphatic heterocycles. The largest absolute Gasteiger partial charge is 0.475 e. The summed E-state index contributed by atoms with van der Waals surface area (Å²) in [6, 6.07) is 10.1. The number of nitrogens with zero attached hydrogens (tertiary/aromatic N) is 2. The highest BCUT2D eigenvalue weighted by molar-refractivity contribution is 5.86. The summed E-state index contributed by atoms with van der Waals surface area (Å²) in [5, 5.41) is 7.33. The van der Waals surface area contributed by atoms with Crippen LogP contribution >= 0.6 is 12.4 Å².